The molecule has 120 valence electrons. The van der Waals surface area contributed by atoms with Crippen LogP contribution < -0.4 is 11.1 Å². The Labute approximate surface area is 137 Å². The molecule has 0 aromatic heterocycles. The summed E-state index contributed by atoms with van der Waals surface area (Å²) in [5.74, 6) is 0. The number of nitrogens with two attached hydrogens (primary N) is 1. The third-order valence-corrected chi connectivity index (χ3v) is 5.15. The number of piperidine rings is 1. The predicted molar refractivity (Wildman–Crippen MR) is 89.1 cm³/mol. The number of nitrogens with zero attached hydrogens (tertiary/aromatic N) is 1. The topological polar surface area (TPSA) is 58.4 Å². The highest BCUT2D eigenvalue weighted by Gasteiger charge is 2.25. The van der Waals surface area contributed by atoms with Gasteiger partial charge < -0.3 is 16.0 Å². The molecular weight excluding hydrogens is 298 g/mol. The highest BCUT2D eigenvalue weighted by atomic mass is 35.5. The molecular formula is C17H24ClN3O. The van der Waals surface area contributed by atoms with Crippen molar-refractivity contribution < 1.29 is 4.79 Å². The minimum absolute atomic E-state index is 0.301. The van der Waals surface area contributed by atoms with Crippen LogP contribution in [0.15, 0.2) is 18.2 Å². The lowest BCUT2D eigenvalue weighted by molar-refractivity contribution is 0.181. The third kappa shape index (κ3) is 3.55. The summed E-state index contributed by atoms with van der Waals surface area (Å²) in [4.78, 5) is 12.9. The van der Waals surface area contributed by atoms with E-state index in [1.807, 2.05) is 6.07 Å². The van der Waals surface area contributed by atoms with Crippen LogP contribution in [-0.4, -0.2) is 30.1 Å². The molecule has 1 aliphatic carbocycles. The molecule has 5 heteroatoms. The van der Waals surface area contributed by atoms with E-state index < -0.39 is 0 Å². The molecule has 0 bridgehead atoms. The number of carbonyl (C=O) groups is 1. The highest BCUT2D eigenvalue weighted by Crippen LogP contribution is 2.31. The largest absolute Gasteiger partial charge is 0.351 e. The molecule has 1 heterocycles. The molecule has 1 aliphatic heterocycles. The maximum Gasteiger partial charge on any atom is 0.314 e. The second-order valence-electron chi connectivity index (χ2n) is 6.41. The fraction of sp³-hybridized carbons (Fsp3) is 0.588. The number of benzene rings is 1. The van der Waals surface area contributed by atoms with Gasteiger partial charge in [0.25, 0.3) is 0 Å². The maximum absolute atomic E-state index is 11.2. The summed E-state index contributed by atoms with van der Waals surface area (Å²) >= 11 is 6.21. The molecule has 3 N–H and O–H groups in total. The first kappa shape index (κ1) is 15.6. The number of halogens is 1. The smallest absolute Gasteiger partial charge is 0.314 e. The van der Waals surface area contributed by atoms with E-state index in [2.05, 4.69) is 17.4 Å². The van der Waals surface area contributed by atoms with Crippen molar-refractivity contribution in [3.8, 4) is 0 Å². The summed E-state index contributed by atoms with van der Waals surface area (Å²) in [6.45, 7) is 1.50. The second-order valence-corrected chi connectivity index (χ2v) is 6.84. The van der Waals surface area contributed by atoms with Crippen LogP contribution in [0.3, 0.4) is 0 Å². The minimum Gasteiger partial charge on any atom is -0.351 e. The first-order valence-corrected chi connectivity index (χ1v) is 8.60. The van der Waals surface area contributed by atoms with Crippen LogP contribution in [0.4, 0.5) is 4.79 Å². The van der Waals surface area contributed by atoms with Gasteiger partial charge in [-0.15, -0.1) is 0 Å². The lowest BCUT2D eigenvalue weighted by Gasteiger charge is -2.34. The van der Waals surface area contributed by atoms with Crippen LogP contribution in [0.25, 0.3) is 0 Å². The van der Waals surface area contributed by atoms with Gasteiger partial charge in [0.2, 0.25) is 0 Å². The number of primary amides is 1. The van der Waals surface area contributed by atoms with Crippen molar-refractivity contribution in [2.75, 3.05) is 13.1 Å². The predicted octanol–water partition coefficient (Wildman–Crippen LogP) is 3.24. The Balaban J connectivity index is 1.68. The summed E-state index contributed by atoms with van der Waals surface area (Å²) in [7, 11) is 0. The van der Waals surface area contributed by atoms with E-state index in [0.29, 0.717) is 12.1 Å². The summed E-state index contributed by atoms with van der Waals surface area (Å²) in [5.41, 5.74) is 8.14. The number of aryl methyl sites for hydroxylation is 1. The molecule has 22 heavy (non-hydrogen) atoms. The summed E-state index contributed by atoms with van der Waals surface area (Å²) < 4.78 is 0. The molecule has 1 aromatic rings. The molecule has 0 spiro atoms. The van der Waals surface area contributed by atoms with Crippen LogP contribution in [-0.2, 0) is 6.42 Å². The fourth-order valence-corrected chi connectivity index (χ4v) is 3.84. The number of amides is 2. The first-order chi connectivity index (χ1) is 10.6. The molecule has 3 rings (SSSR count). The SMILES string of the molecule is NC(=O)N1CCC(NC2CCCCc3ccc(Cl)cc32)CC1. The van der Waals surface area contributed by atoms with E-state index >= 15 is 0 Å². The van der Waals surface area contributed by atoms with Crippen LogP contribution >= 0.6 is 11.6 Å². The van der Waals surface area contributed by atoms with Crippen molar-refractivity contribution >= 4 is 17.6 Å². The number of carbonyl (C=O) groups excluding carboxylic acids is 1. The monoisotopic (exact) mass is 321 g/mol. The van der Waals surface area contributed by atoms with E-state index in [-0.39, 0.29) is 6.03 Å². The van der Waals surface area contributed by atoms with Crippen LogP contribution in [0, 0.1) is 0 Å². The number of hydrogen-bond donors (Lipinski definition) is 2. The van der Waals surface area contributed by atoms with Crippen LogP contribution in [0.1, 0.15) is 49.3 Å². The Morgan fingerprint density at radius 1 is 1.23 bits per heavy atom. The van der Waals surface area contributed by atoms with Gasteiger partial charge in [-0.2, -0.15) is 0 Å². The van der Waals surface area contributed by atoms with Crippen LogP contribution in [0.2, 0.25) is 5.02 Å². The zero-order chi connectivity index (χ0) is 15.5. The maximum atomic E-state index is 11.2. The normalized spacial score (nSPS) is 23.0. The van der Waals surface area contributed by atoms with E-state index in [1.165, 1.54) is 24.0 Å². The molecule has 0 saturated carbocycles. The Kier molecular flexibility index (Phi) is 4.89. The Hall–Kier alpha value is -1.26. The second kappa shape index (κ2) is 6.88. The Morgan fingerprint density at radius 2 is 2.00 bits per heavy atom. The van der Waals surface area contributed by atoms with Gasteiger partial charge in [-0.3, -0.25) is 0 Å². The highest BCUT2D eigenvalue weighted by molar-refractivity contribution is 6.30. The quantitative estimate of drug-likeness (QED) is 0.822. The average Bonchev–Trinajstić information content (AvgIpc) is 2.70. The third-order valence-electron chi connectivity index (χ3n) is 4.92. The molecule has 1 unspecified atom stereocenters. The molecule has 1 atom stereocenters. The lowest BCUT2D eigenvalue weighted by Crippen LogP contribution is -2.47. The standard InChI is InChI=1S/C17H24ClN3O/c18-13-6-5-12-3-1-2-4-16(15(12)11-13)20-14-7-9-21(10-8-14)17(19)22/h5-6,11,14,16,20H,1-4,7-10H2,(H2,19,22). The van der Waals surface area contributed by atoms with Crippen molar-refractivity contribution in [1.82, 2.24) is 10.2 Å². The van der Waals surface area contributed by atoms with Crippen molar-refractivity contribution in [3.63, 3.8) is 0 Å². The van der Waals surface area contributed by atoms with Gasteiger partial charge in [0, 0.05) is 30.2 Å². The number of rotatable bonds is 2. The van der Waals surface area contributed by atoms with Crippen molar-refractivity contribution in [2.45, 2.75) is 50.6 Å². The molecule has 0 radical (unpaired) electrons. The zero-order valence-electron chi connectivity index (χ0n) is 12.9. The van der Waals surface area contributed by atoms with Gasteiger partial charge in [-0.05, 0) is 55.4 Å². The van der Waals surface area contributed by atoms with Gasteiger partial charge in [0.15, 0.2) is 0 Å². The molecule has 4 nitrogen and oxygen atoms in total. The lowest BCUT2D eigenvalue weighted by atomic mass is 9.96. The average molecular weight is 322 g/mol. The van der Waals surface area contributed by atoms with E-state index in [0.717, 1.165) is 43.8 Å². The van der Waals surface area contributed by atoms with Gasteiger partial charge >= 0.3 is 6.03 Å². The van der Waals surface area contributed by atoms with Gasteiger partial charge in [0.1, 0.15) is 0 Å². The number of likely N-dealkylation sites (tertiary alicyclic amines) is 1. The first-order valence-electron chi connectivity index (χ1n) is 8.22. The number of hydrogen-bond acceptors (Lipinski definition) is 2. The minimum atomic E-state index is -0.301. The zero-order valence-corrected chi connectivity index (χ0v) is 13.6. The van der Waals surface area contributed by atoms with Crippen molar-refractivity contribution in [2.24, 2.45) is 5.73 Å². The Morgan fingerprint density at radius 3 is 2.73 bits per heavy atom. The Bertz CT molecular complexity index is 541. The molecule has 1 fully saturated rings. The van der Waals surface area contributed by atoms with Crippen LogP contribution in [0.5, 0.6) is 0 Å². The van der Waals surface area contributed by atoms with Crippen molar-refractivity contribution in [3.05, 3.63) is 34.3 Å². The van der Waals surface area contributed by atoms with Gasteiger partial charge in [0.05, 0.1) is 0 Å². The summed E-state index contributed by atoms with van der Waals surface area (Å²) in [5, 5.41) is 4.62. The van der Waals surface area contributed by atoms with E-state index in [9.17, 15) is 4.79 Å². The molecule has 2 amide bonds. The van der Waals surface area contributed by atoms with E-state index in [1.54, 1.807) is 4.90 Å². The number of fused-ring (bicyclic) bond motifs is 1. The fourth-order valence-electron chi connectivity index (χ4n) is 3.66. The molecule has 1 aromatic carbocycles. The van der Waals surface area contributed by atoms with Crippen molar-refractivity contribution in [1.29, 1.82) is 0 Å². The van der Waals surface area contributed by atoms with E-state index in [4.69, 9.17) is 17.3 Å². The molecule has 2 aliphatic rings. The molecule has 1 saturated heterocycles. The number of urea groups is 1. The summed E-state index contributed by atoms with van der Waals surface area (Å²) in [6, 6.07) is 6.82. The van der Waals surface area contributed by atoms with Gasteiger partial charge in [-0.25, -0.2) is 4.79 Å². The summed E-state index contributed by atoms with van der Waals surface area (Å²) in [6.07, 6.45) is 6.72. The van der Waals surface area contributed by atoms with Gasteiger partial charge in [-0.1, -0.05) is 24.1 Å². The number of nitrogens with one attached hydrogen (secondary N) is 1.